The Kier molecular flexibility index (Phi) is 9.42. The summed E-state index contributed by atoms with van der Waals surface area (Å²) in [4.78, 5) is 42.7. The van der Waals surface area contributed by atoms with Gasteiger partial charge in [-0.25, -0.2) is 9.59 Å². The Hall–Kier alpha value is -4.40. The Labute approximate surface area is 164 Å². The number of amides is 1. The van der Waals surface area contributed by atoms with E-state index in [-0.39, 0.29) is 36.9 Å². The van der Waals surface area contributed by atoms with Crippen LogP contribution in [0, 0.1) is 32.6 Å². The van der Waals surface area contributed by atoms with Crippen LogP contribution in [-0.4, -0.2) is 41.9 Å². The Morgan fingerprint density at radius 2 is 1.86 bits per heavy atom. The van der Waals surface area contributed by atoms with Gasteiger partial charge < -0.3 is 19.5 Å². The van der Waals surface area contributed by atoms with E-state index in [1.54, 1.807) is 0 Å². The van der Waals surface area contributed by atoms with E-state index in [0.29, 0.717) is 0 Å². The van der Waals surface area contributed by atoms with Gasteiger partial charge in [0.2, 0.25) is 0 Å². The first kappa shape index (κ1) is 22.6. The Bertz CT molecular complexity index is 854. The van der Waals surface area contributed by atoms with Gasteiger partial charge >= 0.3 is 12.2 Å². The van der Waals surface area contributed by atoms with Crippen molar-refractivity contribution in [2.45, 2.75) is 0 Å². The predicted octanol–water partition coefficient (Wildman–Crippen LogP) is 2.19. The van der Waals surface area contributed by atoms with Gasteiger partial charge in [0.05, 0.1) is 22.5 Å². The van der Waals surface area contributed by atoms with Crippen LogP contribution < -0.4 is 10.1 Å². The number of non-ortho nitro benzene ring substituents is 1. The van der Waals surface area contributed by atoms with Gasteiger partial charge in [0.15, 0.2) is 0 Å². The molecule has 0 spiro atoms. The van der Waals surface area contributed by atoms with E-state index >= 15 is 0 Å². The number of ether oxygens (including phenoxy) is 3. The van der Waals surface area contributed by atoms with Crippen molar-refractivity contribution in [2.24, 2.45) is 0 Å². The quantitative estimate of drug-likeness (QED) is 0.162. The van der Waals surface area contributed by atoms with E-state index in [1.165, 1.54) is 30.3 Å². The molecule has 0 atom stereocenters. The molecule has 0 aliphatic heterocycles. The zero-order chi connectivity index (χ0) is 21.6. The van der Waals surface area contributed by atoms with Crippen LogP contribution in [0.1, 0.15) is 0 Å². The first-order valence-electron chi connectivity index (χ1n) is 7.80. The Morgan fingerprint density at radius 1 is 1.17 bits per heavy atom. The van der Waals surface area contributed by atoms with Gasteiger partial charge in [0.25, 0.3) is 11.4 Å². The average Bonchev–Trinajstić information content (AvgIpc) is 2.68. The van der Waals surface area contributed by atoms with Crippen LogP contribution in [0.25, 0.3) is 0 Å². The first-order valence-corrected chi connectivity index (χ1v) is 7.80. The summed E-state index contributed by atoms with van der Waals surface area (Å²) in [6.07, 6.45) is 6.24. The first-order chi connectivity index (χ1) is 13.8. The number of nitro benzene ring substituents is 1. The van der Waals surface area contributed by atoms with Crippen molar-refractivity contribution in [1.29, 1.82) is 0 Å². The van der Waals surface area contributed by atoms with Crippen molar-refractivity contribution in [2.75, 3.05) is 19.8 Å². The van der Waals surface area contributed by atoms with Crippen molar-refractivity contribution in [3.8, 4) is 18.1 Å². The molecular weight excluding hydrogens is 390 g/mol. The van der Waals surface area contributed by atoms with E-state index in [4.69, 9.17) is 11.2 Å². The van der Waals surface area contributed by atoms with E-state index in [9.17, 15) is 29.8 Å². The van der Waals surface area contributed by atoms with Gasteiger partial charge in [0.1, 0.15) is 19.0 Å². The molecule has 0 unspecified atom stereocenters. The fourth-order valence-corrected chi connectivity index (χ4v) is 1.64. The van der Waals surface area contributed by atoms with Crippen LogP contribution in [0.15, 0.2) is 48.2 Å². The van der Waals surface area contributed by atoms with Crippen LogP contribution in [0.3, 0.4) is 0 Å². The maximum Gasteiger partial charge on any atom is 0.508 e. The summed E-state index contributed by atoms with van der Waals surface area (Å²) >= 11 is 0. The van der Waals surface area contributed by atoms with Gasteiger partial charge in [-0.2, -0.15) is 0 Å². The van der Waals surface area contributed by atoms with Crippen LogP contribution in [0.4, 0.5) is 15.3 Å². The highest BCUT2D eigenvalue weighted by molar-refractivity contribution is 5.70. The number of hydrogen-bond donors (Lipinski definition) is 1. The Balaban J connectivity index is 2.23. The number of benzene rings is 1. The average molecular weight is 405 g/mol. The molecule has 29 heavy (non-hydrogen) atoms. The van der Waals surface area contributed by atoms with E-state index < -0.39 is 22.1 Å². The highest BCUT2D eigenvalue weighted by Crippen LogP contribution is 2.17. The molecule has 1 aromatic carbocycles. The number of hydrogen-bond acceptors (Lipinski definition) is 9. The molecule has 1 amide bonds. The molecule has 0 saturated carbocycles. The largest absolute Gasteiger partial charge is 0.508 e. The summed E-state index contributed by atoms with van der Waals surface area (Å²) in [5.74, 6) is 2.10. The maximum absolute atomic E-state index is 11.5. The topological polar surface area (TPSA) is 160 Å². The van der Waals surface area contributed by atoms with Crippen molar-refractivity contribution in [3.63, 3.8) is 0 Å². The highest BCUT2D eigenvalue weighted by atomic mass is 16.7. The third-order valence-corrected chi connectivity index (χ3v) is 2.88. The number of terminal acetylenes is 1. The van der Waals surface area contributed by atoms with E-state index in [2.05, 4.69) is 14.8 Å². The van der Waals surface area contributed by atoms with E-state index in [0.717, 1.165) is 12.2 Å². The lowest BCUT2D eigenvalue weighted by atomic mass is 10.3. The number of rotatable bonds is 9. The van der Waals surface area contributed by atoms with Crippen LogP contribution in [-0.2, 0) is 9.47 Å². The normalized spacial score (nSPS) is 10.7. The van der Waals surface area contributed by atoms with Gasteiger partial charge in [-0.1, -0.05) is 5.92 Å². The van der Waals surface area contributed by atoms with Gasteiger partial charge in [-0.15, -0.1) is 6.42 Å². The summed E-state index contributed by atoms with van der Waals surface area (Å²) in [5, 5.41) is 23.4. The molecule has 1 N–H and O–H groups in total. The molecule has 0 aliphatic carbocycles. The number of nitrogens with zero attached hydrogens (tertiary/aromatic N) is 2. The molecule has 1 rings (SSSR count). The molecule has 12 nitrogen and oxygen atoms in total. The minimum atomic E-state index is -1.05. The predicted molar refractivity (Wildman–Crippen MR) is 97.5 cm³/mol. The molecular formula is C17H15N3O9. The molecule has 0 bridgehead atoms. The molecule has 0 radical (unpaired) electrons. The lowest BCUT2D eigenvalue weighted by Gasteiger charge is -2.07. The number of carbonyl (C=O) groups excluding carboxylic acids is 2. The van der Waals surface area contributed by atoms with Gasteiger partial charge in [-0.3, -0.25) is 20.2 Å². The van der Waals surface area contributed by atoms with Crippen molar-refractivity contribution >= 4 is 17.9 Å². The second kappa shape index (κ2) is 12.1. The zero-order valence-electron chi connectivity index (χ0n) is 14.8. The SMILES string of the molecule is C#C/C=C(\C=C/COC(=O)OCCNC(=O)Oc1ccc([N+](=O)[O-])cc1)[N+](=O)[O-]. The number of carbonyl (C=O) groups is 2. The lowest BCUT2D eigenvalue weighted by molar-refractivity contribution is -0.418. The zero-order valence-corrected chi connectivity index (χ0v) is 14.8. The summed E-state index contributed by atoms with van der Waals surface area (Å²) in [5.41, 5.74) is -0.499. The fraction of sp³-hybridized carbons (Fsp3) is 0.176. The van der Waals surface area contributed by atoms with Crippen molar-refractivity contribution < 1.29 is 33.6 Å². The second-order valence-corrected chi connectivity index (χ2v) is 4.87. The second-order valence-electron chi connectivity index (χ2n) is 4.87. The molecule has 1 aromatic rings. The molecule has 152 valence electrons. The summed E-state index contributed by atoms with van der Waals surface area (Å²) < 4.78 is 14.2. The van der Waals surface area contributed by atoms with Crippen LogP contribution in [0.5, 0.6) is 5.75 Å². The van der Waals surface area contributed by atoms with Crippen molar-refractivity contribution in [3.05, 3.63) is 68.4 Å². The fourth-order valence-electron chi connectivity index (χ4n) is 1.64. The standard InChI is InChI=1S/C17H15N3O9/c1-2-4-13(19(23)24)5-3-11-27-17(22)28-12-10-18-16(21)29-15-8-6-14(7-9-15)20(25)26/h1,3-9H,10-12H2,(H,18,21)/b5-3-,13-4+. The molecule has 12 heteroatoms. The van der Waals surface area contributed by atoms with E-state index in [1.807, 2.05) is 5.92 Å². The minimum absolute atomic E-state index is 0.0901. The molecule has 0 fully saturated rings. The van der Waals surface area contributed by atoms with Crippen LogP contribution in [0.2, 0.25) is 0 Å². The van der Waals surface area contributed by atoms with Crippen LogP contribution >= 0.6 is 0 Å². The molecule has 0 aromatic heterocycles. The monoisotopic (exact) mass is 405 g/mol. The van der Waals surface area contributed by atoms with Gasteiger partial charge in [-0.05, 0) is 18.2 Å². The van der Waals surface area contributed by atoms with Gasteiger partial charge in [0, 0.05) is 18.2 Å². The summed E-state index contributed by atoms with van der Waals surface area (Å²) in [6.45, 7) is -0.605. The smallest absolute Gasteiger partial charge is 0.432 e. The molecule has 0 heterocycles. The molecule has 0 aliphatic rings. The summed E-state index contributed by atoms with van der Waals surface area (Å²) in [6, 6.07) is 4.85. The minimum Gasteiger partial charge on any atom is -0.432 e. The third-order valence-electron chi connectivity index (χ3n) is 2.88. The summed E-state index contributed by atoms with van der Waals surface area (Å²) in [7, 11) is 0. The lowest BCUT2D eigenvalue weighted by Crippen LogP contribution is -2.30. The maximum atomic E-state index is 11.5. The highest BCUT2D eigenvalue weighted by Gasteiger charge is 2.09. The number of nitro groups is 2. The number of nitrogens with one attached hydrogen (secondary N) is 1. The van der Waals surface area contributed by atoms with Crippen molar-refractivity contribution in [1.82, 2.24) is 5.32 Å². The Morgan fingerprint density at radius 3 is 2.45 bits per heavy atom. The number of allylic oxidation sites excluding steroid dienone is 2. The third kappa shape index (κ3) is 9.20. The molecule has 0 saturated heterocycles.